The Bertz CT molecular complexity index is 911. The summed E-state index contributed by atoms with van der Waals surface area (Å²) in [7, 11) is 3.75. The zero-order valence-electron chi connectivity index (χ0n) is 18.0. The lowest BCUT2D eigenvalue weighted by molar-refractivity contribution is -0.139. The highest BCUT2D eigenvalue weighted by atomic mass is 16.5. The van der Waals surface area contributed by atoms with Crippen molar-refractivity contribution in [1.82, 2.24) is 14.9 Å². The van der Waals surface area contributed by atoms with Crippen LogP contribution in [0.1, 0.15) is 42.4 Å². The van der Waals surface area contributed by atoms with Gasteiger partial charge in [0.25, 0.3) is 0 Å². The van der Waals surface area contributed by atoms with Crippen LogP contribution in [-0.2, 0) is 9.53 Å². The molecule has 8 nitrogen and oxygen atoms in total. The van der Waals surface area contributed by atoms with Crippen molar-refractivity contribution in [1.29, 1.82) is 0 Å². The van der Waals surface area contributed by atoms with Crippen LogP contribution in [0.3, 0.4) is 0 Å². The predicted molar refractivity (Wildman–Crippen MR) is 115 cm³/mol. The van der Waals surface area contributed by atoms with Gasteiger partial charge in [0.05, 0.1) is 18.8 Å². The summed E-state index contributed by atoms with van der Waals surface area (Å²) < 4.78 is 6.03. The average Bonchev–Trinajstić information content (AvgIpc) is 2.73. The number of nitrogens with zero attached hydrogens (tertiary/aromatic N) is 4. The van der Waals surface area contributed by atoms with Crippen LogP contribution in [0.5, 0.6) is 0 Å². The van der Waals surface area contributed by atoms with Gasteiger partial charge in [-0.25, -0.2) is 9.97 Å². The van der Waals surface area contributed by atoms with E-state index in [9.17, 15) is 9.59 Å². The van der Waals surface area contributed by atoms with Gasteiger partial charge < -0.3 is 20.3 Å². The third kappa shape index (κ3) is 4.94. The van der Waals surface area contributed by atoms with E-state index in [0.29, 0.717) is 43.5 Å². The summed E-state index contributed by atoms with van der Waals surface area (Å²) in [6.45, 7) is 5.56. The molecule has 2 amide bonds. The normalized spacial score (nSPS) is 16.6. The van der Waals surface area contributed by atoms with Crippen LogP contribution in [0.4, 0.5) is 5.95 Å². The number of primary amides is 1. The van der Waals surface area contributed by atoms with Gasteiger partial charge in [-0.15, -0.1) is 0 Å². The monoisotopic (exact) mass is 411 g/mol. The third-order valence-electron chi connectivity index (χ3n) is 4.99. The second kappa shape index (κ2) is 9.21. The lowest BCUT2D eigenvalue weighted by atomic mass is 10.00. The van der Waals surface area contributed by atoms with Crippen LogP contribution in [0.25, 0.3) is 11.1 Å². The van der Waals surface area contributed by atoms with E-state index >= 15 is 0 Å². The van der Waals surface area contributed by atoms with Crippen molar-refractivity contribution < 1.29 is 14.3 Å². The molecule has 30 heavy (non-hydrogen) atoms. The molecule has 1 saturated heterocycles. The minimum atomic E-state index is -0.476. The molecule has 0 saturated carbocycles. The van der Waals surface area contributed by atoms with E-state index in [1.807, 2.05) is 49.9 Å². The minimum absolute atomic E-state index is 0.132. The standard InChI is InChI=1S/C22H29N5O3/c1-14(2)11-19(28)27-9-10-30-18(13-27)20-17(12-24-22(25-20)26(3)4)15-5-7-16(8-6-15)21(23)29/h5-8,12,14,18H,9-11,13H2,1-4H3,(H2,23,29)/t18-/m0/s1. The molecule has 8 heteroatoms. The molecule has 160 valence electrons. The zero-order valence-corrected chi connectivity index (χ0v) is 18.0. The van der Waals surface area contributed by atoms with Crippen molar-refractivity contribution >= 4 is 17.8 Å². The Labute approximate surface area is 177 Å². The van der Waals surface area contributed by atoms with Gasteiger partial charge in [-0.3, -0.25) is 9.59 Å². The van der Waals surface area contributed by atoms with E-state index < -0.39 is 5.91 Å². The molecular formula is C22H29N5O3. The maximum absolute atomic E-state index is 12.6. The number of hydrogen-bond acceptors (Lipinski definition) is 6. The van der Waals surface area contributed by atoms with E-state index in [-0.39, 0.29) is 12.0 Å². The molecule has 0 spiro atoms. The van der Waals surface area contributed by atoms with E-state index in [4.69, 9.17) is 15.5 Å². The number of aromatic nitrogens is 2. The highest BCUT2D eigenvalue weighted by Crippen LogP contribution is 2.32. The predicted octanol–water partition coefficient (Wildman–Crippen LogP) is 2.25. The van der Waals surface area contributed by atoms with Crippen LogP contribution < -0.4 is 10.6 Å². The van der Waals surface area contributed by atoms with Crippen molar-refractivity contribution in [2.75, 3.05) is 38.7 Å². The molecular weight excluding hydrogens is 382 g/mol. The molecule has 1 aromatic carbocycles. The third-order valence-corrected chi connectivity index (χ3v) is 4.99. The van der Waals surface area contributed by atoms with Crippen molar-refractivity contribution in [3.63, 3.8) is 0 Å². The molecule has 2 aromatic rings. The summed E-state index contributed by atoms with van der Waals surface area (Å²) in [5.74, 6) is 0.526. The van der Waals surface area contributed by atoms with Crippen LogP contribution in [0.2, 0.25) is 0 Å². The van der Waals surface area contributed by atoms with E-state index in [1.165, 1.54) is 0 Å². The number of benzene rings is 1. The van der Waals surface area contributed by atoms with Gasteiger partial charge in [-0.2, -0.15) is 0 Å². The molecule has 0 bridgehead atoms. The average molecular weight is 412 g/mol. The molecule has 0 radical (unpaired) electrons. The molecule has 1 fully saturated rings. The van der Waals surface area contributed by atoms with Crippen LogP contribution in [-0.4, -0.2) is 60.5 Å². The summed E-state index contributed by atoms with van der Waals surface area (Å²) >= 11 is 0. The second-order valence-electron chi connectivity index (χ2n) is 8.10. The van der Waals surface area contributed by atoms with Crippen LogP contribution in [0, 0.1) is 5.92 Å². The highest BCUT2D eigenvalue weighted by molar-refractivity contribution is 5.93. The van der Waals surface area contributed by atoms with Crippen molar-refractivity contribution in [2.45, 2.75) is 26.4 Å². The lowest BCUT2D eigenvalue weighted by Crippen LogP contribution is -2.43. The number of ether oxygens (including phenoxy) is 1. The van der Waals surface area contributed by atoms with Gasteiger partial charge in [-0.1, -0.05) is 26.0 Å². The second-order valence-corrected chi connectivity index (χ2v) is 8.10. The van der Waals surface area contributed by atoms with Crippen LogP contribution >= 0.6 is 0 Å². The largest absolute Gasteiger partial charge is 0.368 e. The SMILES string of the molecule is CC(C)CC(=O)N1CCO[C@H](c2nc(N(C)C)ncc2-c2ccc(C(N)=O)cc2)C1. The van der Waals surface area contributed by atoms with E-state index in [1.54, 1.807) is 18.3 Å². The van der Waals surface area contributed by atoms with Gasteiger partial charge >= 0.3 is 0 Å². The number of amides is 2. The number of morpholine rings is 1. The molecule has 1 aromatic heterocycles. The fraction of sp³-hybridized carbons (Fsp3) is 0.455. The Balaban J connectivity index is 1.96. The first-order valence-corrected chi connectivity index (χ1v) is 10.1. The molecule has 0 unspecified atom stereocenters. The van der Waals surface area contributed by atoms with Gasteiger partial charge in [0.1, 0.15) is 6.10 Å². The summed E-state index contributed by atoms with van der Waals surface area (Å²) in [5.41, 5.74) is 8.18. The molecule has 0 aliphatic carbocycles. The molecule has 3 rings (SSSR count). The summed E-state index contributed by atoms with van der Waals surface area (Å²) in [6.07, 6.45) is 1.91. The summed E-state index contributed by atoms with van der Waals surface area (Å²) in [5, 5.41) is 0. The van der Waals surface area contributed by atoms with Gasteiger partial charge in [0.2, 0.25) is 17.8 Å². The number of carbonyl (C=O) groups is 2. The number of hydrogen-bond donors (Lipinski definition) is 1. The topological polar surface area (TPSA) is 102 Å². The maximum atomic E-state index is 12.6. The smallest absolute Gasteiger partial charge is 0.248 e. The highest BCUT2D eigenvalue weighted by Gasteiger charge is 2.29. The Hall–Kier alpha value is -3.00. The fourth-order valence-corrected chi connectivity index (χ4v) is 3.40. The van der Waals surface area contributed by atoms with Crippen molar-refractivity contribution in [2.24, 2.45) is 11.7 Å². The van der Waals surface area contributed by atoms with Crippen molar-refractivity contribution in [3.05, 3.63) is 41.7 Å². The Kier molecular flexibility index (Phi) is 6.66. The lowest BCUT2D eigenvalue weighted by Gasteiger charge is -2.34. The van der Waals surface area contributed by atoms with Crippen LogP contribution in [0.15, 0.2) is 30.5 Å². The molecule has 2 heterocycles. The maximum Gasteiger partial charge on any atom is 0.248 e. The number of anilines is 1. The Morgan fingerprint density at radius 2 is 1.97 bits per heavy atom. The Morgan fingerprint density at radius 1 is 1.27 bits per heavy atom. The van der Waals surface area contributed by atoms with Crippen molar-refractivity contribution in [3.8, 4) is 11.1 Å². The fourth-order valence-electron chi connectivity index (χ4n) is 3.40. The van der Waals surface area contributed by atoms with Gasteiger partial charge in [0.15, 0.2) is 0 Å². The minimum Gasteiger partial charge on any atom is -0.368 e. The summed E-state index contributed by atoms with van der Waals surface area (Å²) in [4.78, 5) is 36.9. The molecule has 1 aliphatic heterocycles. The Morgan fingerprint density at radius 3 is 2.57 bits per heavy atom. The number of rotatable bonds is 6. The van der Waals surface area contributed by atoms with E-state index in [0.717, 1.165) is 16.8 Å². The molecule has 2 N–H and O–H groups in total. The van der Waals surface area contributed by atoms with Gasteiger partial charge in [-0.05, 0) is 23.6 Å². The zero-order chi connectivity index (χ0) is 21.8. The molecule has 1 aliphatic rings. The number of carbonyl (C=O) groups excluding carboxylic acids is 2. The number of nitrogens with two attached hydrogens (primary N) is 1. The van der Waals surface area contributed by atoms with Gasteiger partial charge in [0, 0.05) is 44.4 Å². The quantitative estimate of drug-likeness (QED) is 0.782. The summed E-state index contributed by atoms with van der Waals surface area (Å²) in [6, 6.07) is 7.01. The molecule has 1 atom stereocenters. The first kappa shape index (κ1) is 21.7. The first-order valence-electron chi connectivity index (χ1n) is 10.1. The van der Waals surface area contributed by atoms with E-state index in [2.05, 4.69) is 4.98 Å². The first-order chi connectivity index (χ1) is 14.3.